The molecule has 1 heterocycles. The van der Waals surface area contributed by atoms with Crippen LogP contribution in [0.25, 0.3) is 0 Å². The fourth-order valence-electron chi connectivity index (χ4n) is 1.67. The molecular weight excluding hydrogens is 311 g/mol. The Kier molecular flexibility index (Phi) is 5.21. The van der Waals surface area contributed by atoms with E-state index in [0.29, 0.717) is 13.1 Å². The number of rotatable bonds is 5. The second-order valence-corrected chi connectivity index (χ2v) is 5.06. The number of hydrogen-bond acceptors (Lipinski definition) is 2. The Labute approximate surface area is 113 Å². The zero-order valence-electron chi connectivity index (χ0n) is 10.7. The molecule has 0 aliphatic heterocycles. The van der Waals surface area contributed by atoms with E-state index >= 15 is 0 Å². The van der Waals surface area contributed by atoms with E-state index < -0.39 is 12.6 Å². The van der Waals surface area contributed by atoms with Crippen LogP contribution in [0.5, 0.6) is 0 Å². The van der Waals surface area contributed by atoms with Crippen LogP contribution in [0, 0.1) is 6.92 Å². The zero-order valence-corrected chi connectivity index (χ0v) is 12.3. The number of hydrogen-bond donors (Lipinski definition) is 0. The Balaban J connectivity index is 2.67. The normalized spacial score (nSPS) is 12.4. The highest BCUT2D eigenvalue weighted by Gasteiger charge is 2.27. The van der Waals surface area contributed by atoms with Crippen LogP contribution >= 0.6 is 15.9 Å². The lowest BCUT2D eigenvalue weighted by Crippen LogP contribution is -2.25. The lowest BCUT2D eigenvalue weighted by atomic mass is 10.3. The number of aromatic nitrogens is 2. The van der Waals surface area contributed by atoms with Crippen LogP contribution < -0.4 is 0 Å². The second-order valence-electron chi connectivity index (χ2n) is 4.26. The van der Waals surface area contributed by atoms with Crippen LogP contribution in [0.4, 0.5) is 13.2 Å². The minimum Gasteiger partial charge on any atom is -0.300 e. The molecule has 18 heavy (non-hydrogen) atoms. The third kappa shape index (κ3) is 4.28. The minimum atomic E-state index is -4.10. The fraction of sp³-hybridized carbons (Fsp3) is 0.727. The lowest BCUT2D eigenvalue weighted by molar-refractivity contribution is -0.137. The molecule has 7 heteroatoms. The smallest absolute Gasteiger partial charge is 0.300 e. The summed E-state index contributed by atoms with van der Waals surface area (Å²) in [6, 6.07) is 0. The van der Waals surface area contributed by atoms with Gasteiger partial charge in [0, 0.05) is 19.6 Å². The third-order valence-electron chi connectivity index (χ3n) is 2.65. The van der Waals surface area contributed by atoms with Crippen molar-refractivity contribution in [2.45, 2.75) is 39.5 Å². The van der Waals surface area contributed by atoms with E-state index in [1.165, 1.54) is 0 Å². The van der Waals surface area contributed by atoms with Crippen molar-refractivity contribution in [1.82, 2.24) is 14.7 Å². The predicted molar refractivity (Wildman–Crippen MR) is 67.3 cm³/mol. The first-order chi connectivity index (χ1) is 8.24. The maximum absolute atomic E-state index is 12.1. The molecule has 0 fully saturated rings. The molecule has 0 atom stereocenters. The highest BCUT2D eigenvalue weighted by atomic mass is 79.9. The summed E-state index contributed by atoms with van der Waals surface area (Å²) in [6.07, 6.45) is -4.90. The first kappa shape index (κ1) is 15.5. The topological polar surface area (TPSA) is 21.1 Å². The Morgan fingerprint density at radius 3 is 2.50 bits per heavy atom. The summed E-state index contributed by atoms with van der Waals surface area (Å²) in [5, 5.41) is 4.31. The van der Waals surface area contributed by atoms with Gasteiger partial charge >= 0.3 is 6.18 Å². The van der Waals surface area contributed by atoms with Crippen LogP contribution in [-0.4, -0.2) is 34.4 Å². The van der Waals surface area contributed by atoms with E-state index in [9.17, 15) is 13.2 Å². The number of nitrogens with zero attached hydrogens (tertiary/aromatic N) is 3. The van der Waals surface area contributed by atoms with E-state index in [-0.39, 0.29) is 6.54 Å². The van der Waals surface area contributed by atoms with Crippen molar-refractivity contribution in [3.63, 3.8) is 0 Å². The van der Waals surface area contributed by atoms with E-state index in [0.717, 1.165) is 15.9 Å². The van der Waals surface area contributed by atoms with Crippen molar-refractivity contribution in [1.29, 1.82) is 0 Å². The monoisotopic (exact) mass is 327 g/mol. The summed E-state index contributed by atoms with van der Waals surface area (Å²) >= 11 is 3.43. The van der Waals surface area contributed by atoms with Crippen molar-refractivity contribution >= 4 is 15.9 Å². The van der Waals surface area contributed by atoms with E-state index in [1.807, 2.05) is 18.5 Å². The highest BCUT2D eigenvalue weighted by Crippen LogP contribution is 2.23. The molecule has 0 aliphatic rings. The second kappa shape index (κ2) is 6.06. The van der Waals surface area contributed by atoms with E-state index in [1.54, 1.807) is 11.9 Å². The molecule has 0 radical (unpaired) electrons. The highest BCUT2D eigenvalue weighted by molar-refractivity contribution is 9.10. The van der Waals surface area contributed by atoms with E-state index in [2.05, 4.69) is 21.0 Å². The van der Waals surface area contributed by atoms with Gasteiger partial charge in [0.2, 0.25) is 0 Å². The van der Waals surface area contributed by atoms with Gasteiger partial charge in [0.1, 0.15) is 0 Å². The van der Waals surface area contributed by atoms with Crippen molar-refractivity contribution < 1.29 is 13.2 Å². The molecule has 0 spiro atoms. The SMILES string of the molecule is CCn1nc(C)c(Br)c1CN(C)CCC(F)(F)F. The fourth-order valence-corrected chi connectivity index (χ4v) is 2.08. The Hall–Kier alpha value is -0.560. The van der Waals surface area contributed by atoms with Gasteiger partial charge in [0.05, 0.1) is 22.3 Å². The molecule has 0 aromatic carbocycles. The van der Waals surface area contributed by atoms with Gasteiger partial charge in [0.25, 0.3) is 0 Å². The largest absolute Gasteiger partial charge is 0.390 e. The molecule has 1 aromatic rings. The van der Waals surface area contributed by atoms with Crippen LogP contribution in [0.3, 0.4) is 0 Å². The zero-order chi connectivity index (χ0) is 13.9. The predicted octanol–water partition coefficient (Wildman–Crippen LogP) is 3.36. The summed E-state index contributed by atoms with van der Waals surface area (Å²) in [5.74, 6) is 0. The number of aryl methyl sites for hydroxylation is 2. The molecule has 0 saturated carbocycles. The van der Waals surface area contributed by atoms with Crippen molar-refractivity contribution in [2.24, 2.45) is 0 Å². The van der Waals surface area contributed by atoms with Gasteiger partial charge in [0.15, 0.2) is 0 Å². The molecular formula is C11H17BrF3N3. The molecule has 0 aliphatic carbocycles. The maximum Gasteiger partial charge on any atom is 0.390 e. The van der Waals surface area contributed by atoms with Crippen molar-refractivity contribution in [3.05, 3.63) is 15.9 Å². The first-order valence-electron chi connectivity index (χ1n) is 5.71. The van der Waals surface area contributed by atoms with Gasteiger partial charge in [-0.2, -0.15) is 18.3 Å². The standard InChI is InChI=1S/C11H17BrF3N3/c1-4-18-9(10(12)8(2)16-18)7-17(3)6-5-11(13,14)15/h4-7H2,1-3H3. The number of alkyl halides is 3. The Morgan fingerprint density at radius 1 is 1.39 bits per heavy atom. The molecule has 0 bridgehead atoms. The summed E-state index contributed by atoms with van der Waals surface area (Å²) < 4.78 is 39.1. The summed E-state index contributed by atoms with van der Waals surface area (Å²) in [5.41, 5.74) is 1.77. The van der Waals surface area contributed by atoms with Crippen LogP contribution in [-0.2, 0) is 13.1 Å². The molecule has 1 rings (SSSR count). The molecule has 0 unspecified atom stereocenters. The van der Waals surface area contributed by atoms with Gasteiger partial charge in [-0.3, -0.25) is 4.68 Å². The van der Waals surface area contributed by atoms with Gasteiger partial charge in [-0.05, 0) is 36.8 Å². The van der Waals surface area contributed by atoms with Gasteiger partial charge in [-0.25, -0.2) is 0 Å². The maximum atomic E-state index is 12.1. The summed E-state index contributed by atoms with van der Waals surface area (Å²) in [4.78, 5) is 1.65. The quantitative estimate of drug-likeness (QED) is 0.826. The average molecular weight is 328 g/mol. The number of halogens is 4. The van der Waals surface area contributed by atoms with Crippen LogP contribution in [0.15, 0.2) is 4.47 Å². The van der Waals surface area contributed by atoms with Crippen LogP contribution in [0.2, 0.25) is 0 Å². The molecule has 104 valence electrons. The molecule has 0 saturated heterocycles. The Bertz CT molecular complexity index is 401. The Morgan fingerprint density at radius 2 is 2.00 bits per heavy atom. The average Bonchev–Trinajstić information content (AvgIpc) is 2.53. The van der Waals surface area contributed by atoms with Gasteiger partial charge in [-0.1, -0.05) is 0 Å². The van der Waals surface area contributed by atoms with Gasteiger partial charge in [-0.15, -0.1) is 0 Å². The molecule has 0 N–H and O–H groups in total. The van der Waals surface area contributed by atoms with Crippen molar-refractivity contribution in [2.75, 3.05) is 13.6 Å². The summed E-state index contributed by atoms with van der Waals surface area (Å²) in [6.45, 7) is 4.97. The molecule has 1 aromatic heterocycles. The lowest BCUT2D eigenvalue weighted by Gasteiger charge is -2.18. The molecule has 3 nitrogen and oxygen atoms in total. The van der Waals surface area contributed by atoms with Gasteiger partial charge < -0.3 is 4.90 Å². The third-order valence-corrected chi connectivity index (χ3v) is 3.68. The van der Waals surface area contributed by atoms with E-state index in [4.69, 9.17) is 0 Å². The summed E-state index contributed by atoms with van der Waals surface area (Å²) in [7, 11) is 1.68. The van der Waals surface area contributed by atoms with Crippen molar-refractivity contribution in [3.8, 4) is 0 Å². The molecule has 0 amide bonds. The minimum absolute atomic E-state index is 0.0100. The first-order valence-corrected chi connectivity index (χ1v) is 6.51. The van der Waals surface area contributed by atoms with Crippen LogP contribution in [0.1, 0.15) is 24.7 Å².